The summed E-state index contributed by atoms with van der Waals surface area (Å²) in [5, 5.41) is 0. The third-order valence-electron chi connectivity index (χ3n) is 1.04. The Morgan fingerprint density at radius 2 is 1.75 bits per heavy atom. The zero-order valence-electron chi connectivity index (χ0n) is 5.85. The second-order valence-corrected chi connectivity index (χ2v) is 5.54. The summed E-state index contributed by atoms with van der Waals surface area (Å²) in [5.41, 5.74) is 0. The molecule has 0 saturated carbocycles. The molecule has 0 bridgehead atoms. The average molecular weight is 269 g/mol. The van der Waals surface area contributed by atoms with Crippen molar-refractivity contribution in [1.29, 1.82) is 0 Å². The van der Waals surface area contributed by atoms with E-state index in [9.17, 15) is 0 Å². The summed E-state index contributed by atoms with van der Waals surface area (Å²) in [7, 11) is 0. The van der Waals surface area contributed by atoms with E-state index in [4.69, 9.17) is 9.79 Å². The standard InChI is InChI=1S/C6H6BrO3PS/c7-5-1-3-6(4-2-5)10-11(8,9)12/h1-4H,(H2,8,9,12). The Balaban J connectivity index is 2.78. The van der Waals surface area contributed by atoms with Crippen LogP contribution in [0.3, 0.4) is 0 Å². The molecule has 0 heterocycles. The Hall–Kier alpha value is 0.0700. The van der Waals surface area contributed by atoms with Crippen molar-refractivity contribution in [2.24, 2.45) is 0 Å². The summed E-state index contributed by atoms with van der Waals surface area (Å²) in [5.74, 6) is 0.353. The van der Waals surface area contributed by atoms with Crippen molar-refractivity contribution in [1.82, 2.24) is 0 Å². The van der Waals surface area contributed by atoms with Crippen LogP contribution < -0.4 is 4.52 Å². The predicted molar refractivity (Wildman–Crippen MR) is 53.5 cm³/mol. The van der Waals surface area contributed by atoms with Gasteiger partial charge in [0.1, 0.15) is 5.75 Å². The van der Waals surface area contributed by atoms with Crippen molar-refractivity contribution < 1.29 is 14.3 Å². The molecular formula is C6H6BrO3PS. The van der Waals surface area contributed by atoms with Gasteiger partial charge in [0.15, 0.2) is 0 Å². The smallest absolute Gasteiger partial charge is 0.375 e. The second kappa shape index (κ2) is 3.85. The van der Waals surface area contributed by atoms with E-state index in [2.05, 4.69) is 32.3 Å². The molecule has 1 aromatic rings. The van der Waals surface area contributed by atoms with Gasteiger partial charge in [0, 0.05) is 16.3 Å². The monoisotopic (exact) mass is 268 g/mol. The average Bonchev–Trinajstić information content (AvgIpc) is 1.91. The van der Waals surface area contributed by atoms with Crippen molar-refractivity contribution >= 4 is 34.5 Å². The Morgan fingerprint density at radius 1 is 1.25 bits per heavy atom. The molecule has 0 spiro atoms. The Bertz CT molecular complexity index is 307. The molecule has 0 fully saturated rings. The van der Waals surface area contributed by atoms with Gasteiger partial charge in [-0.1, -0.05) is 15.9 Å². The van der Waals surface area contributed by atoms with Gasteiger partial charge < -0.3 is 14.3 Å². The number of benzene rings is 1. The molecule has 3 nitrogen and oxygen atoms in total. The fraction of sp³-hybridized carbons (Fsp3) is 0. The van der Waals surface area contributed by atoms with Gasteiger partial charge in [0.2, 0.25) is 0 Å². The van der Waals surface area contributed by atoms with Crippen LogP contribution >= 0.6 is 22.6 Å². The Morgan fingerprint density at radius 3 is 2.17 bits per heavy atom. The van der Waals surface area contributed by atoms with Crippen LogP contribution in [0.25, 0.3) is 0 Å². The maximum atomic E-state index is 8.79. The first-order valence-electron chi connectivity index (χ1n) is 2.98. The van der Waals surface area contributed by atoms with E-state index >= 15 is 0 Å². The van der Waals surface area contributed by atoms with Crippen molar-refractivity contribution in [2.45, 2.75) is 0 Å². The van der Waals surface area contributed by atoms with E-state index < -0.39 is 6.72 Å². The highest BCUT2D eigenvalue weighted by molar-refractivity contribution is 9.10. The Kier molecular flexibility index (Phi) is 3.26. The molecule has 12 heavy (non-hydrogen) atoms. The van der Waals surface area contributed by atoms with E-state index in [-0.39, 0.29) is 0 Å². The first kappa shape index (κ1) is 10.2. The summed E-state index contributed by atoms with van der Waals surface area (Å²) in [6, 6.07) is 6.63. The second-order valence-electron chi connectivity index (χ2n) is 2.04. The van der Waals surface area contributed by atoms with Crippen LogP contribution in [-0.2, 0) is 11.8 Å². The maximum absolute atomic E-state index is 8.79. The molecule has 1 aromatic carbocycles. The summed E-state index contributed by atoms with van der Waals surface area (Å²) in [4.78, 5) is 17.6. The Labute approximate surface area is 83.4 Å². The predicted octanol–water partition coefficient (Wildman–Crippen LogP) is 2.04. The van der Waals surface area contributed by atoms with Gasteiger partial charge in [0.05, 0.1) is 0 Å². The van der Waals surface area contributed by atoms with E-state index in [1.165, 1.54) is 0 Å². The minimum atomic E-state index is -3.58. The van der Waals surface area contributed by atoms with Crippen LogP contribution in [0.2, 0.25) is 0 Å². The summed E-state index contributed by atoms with van der Waals surface area (Å²) < 4.78 is 5.56. The van der Waals surface area contributed by atoms with Crippen LogP contribution in [0.15, 0.2) is 28.7 Å². The SMILES string of the molecule is OP(O)(=S)Oc1ccc(Br)cc1. The first-order valence-corrected chi connectivity index (χ1v) is 6.40. The minimum Gasteiger partial charge on any atom is -0.424 e. The van der Waals surface area contributed by atoms with Gasteiger partial charge in [-0.2, -0.15) is 0 Å². The largest absolute Gasteiger partial charge is 0.424 e. The number of halogens is 1. The first-order chi connectivity index (χ1) is 5.47. The third kappa shape index (κ3) is 3.65. The molecule has 0 aliphatic carbocycles. The van der Waals surface area contributed by atoms with E-state index in [1.807, 2.05) is 0 Å². The van der Waals surface area contributed by atoms with Crippen molar-refractivity contribution in [3.05, 3.63) is 28.7 Å². The summed E-state index contributed by atoms with van der Waals surface area (Å²) in [6.07, 6.45) is 0. The summed E-state index contributed by atoms with van der Waals surface area (Å²) >= 11 is 7.52. The molecule has 0 aliphatic heterocycles. The quantitative estimate of drug-likeness (QED) is 0.806. The highest BCUT2D eigenvalue weighted by Crippen LogP contribution is 2.37. The molecular weight excluding hydrogens is 263 g/mol. The molecule has 0 aromatic heterocycles. The topological polar surface area (TPSA) is 49.7 Å². The molecule has 0 amide bonds. The van der Waals surface area contributed by atoms with Crippen molar-refractivity contribution in [2.75, 3.05) is 0 Å². The van der Waals surface area contributed by atoms with Crippen LogP contribution in [0, 0.1) is 0 Å². The van der Waals surface area contributed by atoms with Gasteiger partial charge in [0.25, 0.3) is 0 Å². The lowest BCUT2D eigenvalue weighted by Gasteiger charge is -2.09. The van der Waals surface area contributed by atoms with Gasteiger partial charge in [-0.15, -0.1) is 0 Å². The normalized spacial score (nSPS) is 11.2. The van der Waals surface area contributed by atoms with Crippen molar-refractivity contribution in [3.8, 4) is 5.75 Å². The molecule has 0 atom stereocenters. The highest BCUT2D eigenvalue weighted by atomic mass is 79.9. The molecule has 0 radical (unpaired) electrons. The lowest BCUT2D eigenvalue weighted by Crippen LogP contribution is -1.88. The van der Waals surface area contributed by atoms with E-state index in [0.29, 0.717) is 5.75 Å². The van der Waals surface area contributed by atoms with Gasteiger partial charge >= 0.3 is 6.72 Å². The molecule has 2 N–H and O–H groups in total. The molecule has 0 saturated heterocycles. The lowest BCUT2D eigenvalue weighted by molar-refractivity contribution is 0.370. The van der Waals surface area contributed by atoms with Crippen LogP contribution in [0.1, 0.15) is 0 Å². The van der Waals surface area contributed by atoms with Gasteiger partial charge in [-0.25, -0.2) is 0 Å². The fourth-order valence-corrected chi connectivity index (χ4v) is 1.55. The van der Waals surface area contributed by atoms with Crippen LogP contribution in [-0.4, -0.2) is 9.79 Å². The van der Waals surface area contributed by atoms with Gasteiger partial charge in [-0.05, 0) is 24.3 Å². The zero-order valence-corrected chi connectivity index (χ0v) is 9.14. The molecule has 6 heteroatoms. The van der Waals surface area contributed by atoms with E-state index in [1.54, 1.807) is 24.3 Å². The minimum absolute atomic E-state index is 0.353. The van der Waals surface area contributed by atoms with Crippen LogP contribution in [0.4, 0.5) is 0 Å². The van der Waals surface area contributed by atoms with Crippen molar-refractivity contribution in [3.63, 3.8) is 0 Å². The number of rotatable bonds is 2. The zero-order chi connectivity index (χ0) is 9.19. The van der Waals surface area contributed by atoms with Crippen LogP contribution in [0.5, 0.6) is 5.75 Å². The van der Waals surface area contributed by atoms with Gasteiger partial charge in [-0.3, -0.25) is 0 Å². The number of hydrogen-bond acceptors (Lipinski definition) is 2. The molecule has 66 valence electrons. The lowest BCUT2D eigenvalue weighted by atomic mass is 10.3. The maximum Gasteiger partial charge on any atom is 0.375 e. The fourth-order valence-electron chi connectivity index (χ4n) is 0.633. The molecule has 1 rings (SSSR count). The molecule has 0 aliphatic rings. The summed E-state index contributed by atoms with van der Waals surface area (Å²) in [6.45, 7) is -3.58. The third-order valence-corrected chi connectivity index (χ3v) is 2.24. The van der Waals surface area contributed by atoms with E-state index in [0.717, 1.165) is 4.47 Å². The highest BCUT2D eigenvalue weighted by Gasteiger charge is 2.08. The number of hydrogen-bond donors (Lipinski definition) is 2. The molecule has 0 unspecified atom stereocenters.